The molecule has 0 heterocycles. The molecule has 0 unspecified atom stereocenters. The molecule has 0 atom stereocenters. The van der Waals surface area contributed by atoms with Crippen molar-refractivity contribution in [3.8, 4) is 0 Å². The molecule has 0 bridgehead atoms. The van der Waals surface area contributed by atoms with Crippen LogP contribution in [0.5, 0.6) is 0 Å². The number of nitrogens with one attached hydrogen (secondary N) is 2. The van der Waals surface area contributed by atoms with Crippen LogP contribution in [0.25, 0.3) is 0 Å². The van der Waals surface area contributed by atoms with Crippen molar-refractivity contribution in [3.05, 3.63) is 107 Å². The van der Waals surface area contributed by atoms with Crippen LogP contribution in [0.2, 0.25) is 0 Å². The lowest BCUT2D eigenvalue weighted by atomic mass is 10.1. The monoisotopic (exact) mass is 388 g/mol. The lowest BCUT2D eigenvalue weighted by Gasteiger charge is -2.08. The predicted molar refractivity (Wildman–Crippen MR) is 112 cm³/mol. The summed E-state index contributed by atoms with van der Waals surface area (Å²) >= 11 is 0. The van der Waals surface area contributed by atoms with E-state index in [0.717, 1.165) is 16.7 Å². The summed E-state index contributed by atoms with van der Waals surface area (Å²) in [6.45, 7) is 1.46. The second-order valence-electron chi connectivity index (χ2n) is 6.62. The van der Waals surface area contributed by atoms with Gasteiger partial charge in [0.1, 0.15) is 0 Å². The smallest absolute Gasteiger partial charge is 0.251 e. The summed E-state index contributed by atoms with van der Waals surface area (Å²) in [7, 11) is 0. The van der Waals surface area contributed by atoms with Crippen molar-refractivity contribution in [2.75, 3.05) is 6.54 Å². The third kappa shape index (κ3) is 6.90. The summed E-state index contributed by atoms with van der Waals surface area (Å²) in [4.78, 5) is 23.9. The highest BCUT2D eigenvalue weighted by atomic mass is 16.5. The summed E-state index contributed by atoms with van der Waals surface area (Å²) in [5.74, 6) is -0.495. The molecule has 3 rings (SSSR count). The van der Waals surface area contributed by atoms with E-state index in [-0.39, 0.29) is 18.4 Å². The summed E-state index contributed by atoms with van der Waals surface area (Å²) in [5, 5.41) is 5.42. The number of rotatable bonds is 9. The standard InChI is InChI=1S/C24H24N2O3/c27-23(16-26-24(28)22-9-5-2-6-10-22)25-15-19-11-13-21(14-12-19)18-29-17-20-7-3-1-4-8-20/h1-14H,15-18H2,(H,25,27)(H,26,28). The average Bonchev–Trinajstić information content (AvgIpc) is 2.78. The Morgan fingerprint density at radius 1 is 0.655 bits per heavy atom. The van der Waals surface area contributed by atoms with Crippen LogP contribution in [0.3, 0.4) is 0 Å². The van der Waals surface area contributed by atoms with E-state index in [9.17, 15) is 9.59 Å². The summed E-state index contributed by atoms with van der Waals surface area (Å²) < 4.78 is 5.72. The van der Waals surface area contributed by atoms with Crippen LogP contribution >= 0.6 is 0 Å². The summed E-state index contributed by atoms with van der Waals surface area (Å²) in [6, 6.07) is 26.8. The maximum absolute atomic E-state index is 11.9. The van der Waals surface area contributed by atoms with Gasteiger partial charge in [-0.15, -0.1) is 0 Å². The van der Waals surface area contributed by atoms with Crippen LogP contribution in [0.15, 0.2) is 84.9 Å². The van der Waals surface area contributed by atoms with Crippen molar-refractivity contribution in [2.24, 2.45) is 0 Å². The number of benzene rings is 3. The maximum Gasteiger partial charge on any atom is 0.251 e. The molecule has 0 saturated carbocycles. The van der Waals surface area contributed by atoms with Crippen LogP contribution in [0.1, 0.15) is 27.0 Å². The molecule has 0 saturated heterocycles. The number of amides is 2. The summed E-state index contributed by atoms with van der Waals surface area (Å²) in [5.41, 5.74) is 3.74. The highest BCUT2D eigenvalue weighted by Gasteiger charge is 2.07. The molecule has 29 heavy (non-hydrogen) atoms. The van der Waals surface area contributed by atoms with Crippen molar-refractivity contribution < 1.29 is 14.3 Å². The van der Waals surface area contributed by atoms with Gasteiger partial charge in [-0.2, -0.15) is 0 Å². The van der Waals surface area contributed by atoms with Crippen molar-refractivity contribution >= 4 is 11.8 Å². The number of carbonyl (C=O) groups is 2. The normalized spacial score (nSPS) is 10.3. The third-order valence-corrected chi connectivity index (χ3v) is 4.34. The molecule has 0 aliphatic heterocycles. The van der Waals surface area contributed by atoms with Gasteiger partial charge >= 0.3 is 0 Å². The highest BCUT2D eigenvalue weighted by molar-refractivity contribution is 5.96. The Kier molecular flexibility index (Phi) is 7.55. The van der Waals surface area contributed by atoms with E-state index in [1.54, 1.807) is 24.3 Å². The van der Waals surface area contributed by atoms with Crippen molar-refractivity contribution in [3.63, 3.8) is 0 Å². The predicted octanol–water partition coefficient (Wildman–Crippen LogP) is 3.45. The Morgan fingerprint density at radius 3 is 1.86 bits per heavy atom. The first kappa shape index (κ1) is 20.3. The molecule has 0 spiro atoms. The van der Waals surface area contributed by atoms with Crippen molar-refractivity contribution in [1.29, 1.82) is 0 Å². The molecular formula is C24H24N2O3. The van der Waals surface area contributed by atoms with Crippen LogP contribution in [0.4, 0.5) is 0 Å². The van der Waals surface area contributed by atoms with Gasteiger partial charge in [0, 0.05) is 12.1 Å². The van der Waals surface area contributed by atoms with Gasteiger partial charge in [0.25, 0.3) is 5.91 Å². The highest BCUT2D eigenvalue weighted by Crippen LogP contribution is 2.08. The van der Waals surface area contributed by atoms with Gasteiger partial charge in [0.15, 0.2) is 0 Å². The van der Waals surface area contributed by atoms with Gasteiger partial charge in [-0.3, -0.25) is 9.59 Å². The number of hydrogen-bond acceptors (Lipinski definition) is 3. The van der Waals surface area contributed by atoms with Crippen LogP contribution in [0, 0.1) is 0 Å². The van der Waals surface area contributed by atoms with E-state index >= 15 is 0 Å². The zero-order valence-electron chi connectivity index (χ0n) is 16.1. The molecule has 148 valence electrons. The Bertz CT molecular complexity index is 910. The lowest BCUT2D eigenvalue weighted by Crippen LogP contribution is -2.36. The molecule has 5 nitrogen and oxygen atoms in total. The Morgan fingerprint density at radius 2 is 1.21 bits per heavy atom. The molecular weight excluding hydrogens is 364 g/mol. The Labute approximate surface area is 170 Å². The van der Waals surface area contributed by atoms with E-state index in [1.807, 2.05) is 60.7 Å². The van der Waals surface area contributed by atoms with E-state index in [4.69, 9.17) is 4.74 Å². The van der Waals surface area contributed by atoms with E-state index < -0.39 is 0 Å². The quantitative estimate of drug-likeness (QED) is 0.590. The molecule has 0 aliphatic carbocycles. The molecule has 0 fully saturated rings. The second kappa shape index (κ2) is 10.8. The summed E-state index contributed by atoms with van der Waals surface area (Å²) in [6.07, 6.45) is 0. The van der Waals surface area contributed by atoms with Crippen LogP contribution in [-0.4, -0.2) is 18.4 Å². The molecule has 2 N–H and O–H groups in total. The SMILES string of the molecule is O=C(CNC(=O)c1ccccc1)NCc1ccc(COCc2ccccc2)cc1. The fourth-order valence-corrected chi connectivity index (χ4v) is 2.73. The van der Waals surface area contributed by atoms with Gasteiger partial charge in [-0.05, 0) is 28.8 Å². The van der Waals surface area contributed by atoms with Crippen molar-refractivity contribution in [1.82, 2.24) is 10.6 Å². The minimum absolute atomic E-state index is 0.0564. The Balaban J connectivity index is 1.36. The van der Waals surface area contributed by atoms with Gasteiger partial charge in [-0.25, -0.2) is 0 Å². The lowest BCUT2D eigenvalue weighted by molar-refractivity contribution is -0.120. The van der Waals surface area contributed by atoms with E-state index in [2.05, 4.69) is 10.6 Å². The van der Waals surface area contributed by atoms with E-state index in [0.29, 0.717) is 25.3 Å². The average molecular weight is 388 g/mol. The molecule has 3 aromatic rings. The molecule has 0 aromatic heterocycles. The zero-order valence-corrected chi connectivity index (χ0v) is 16.1. The van der Waals surface area contributed by atoms with Gasteiger partial charge in [0.2, 0.25) is 5.91 Å². The van der Waals surface area contributed by atoms with Gasteiger partial charge in [0.05, 0.1) is 19.8 Å². The first-order chi connectivity index (χ1) is 14.2. The van der Waals surface area contributed by atoms with Crippen LogP contribution < -0.4 is 10.6 Å². The number of carbonyl (C=O) groups excluding carboxylic acids is 2. The van der Waals surface area contributed by atoms with Crippen LogP contribution in [-0.2, 0) is 29.3 Å². The molecule has 3 aromatic carbocycles. The third-order valence-electron chi connectivity index (χ3n) is 4.34. The molecule has 0 aliphatic rings. The minimum atomic E-state index is -0.263. The largest absolute Gasteiger partial charge is 0.372 e. The molecule has 2 amide bonds. The fourth-order valence-electron chi connectivity index (χ4n) is 2.73. The maximum atomic E-state index is 11.9. The van der Waals surface area contributed by atoms with Crippen molar-refractivity contribution in [2.45, 2.75) is 19.8 Å². The number of ether oxygens (including phenoxy) is 1. The fraction of sp³-hybridized carbons (Fsp3) is 0.167. The second-order valence-corrected chi connectivity index (χ2v) is 6.62. The molecule has 0 radical (unpaired) electrons. The topological polar surface area (TPSA) is 67.4 Å². The van der Waals surface area contributed by atoms with E-state index in [1.165, 1.54) is 0 Å². The van der Waals surface area contributed by atoms with Gasteiger partial charge < -0.3 is 15.4 Å². The zero-order chi connectivity index (χ0) is 20.3. The number of hydrogen-bond donors (Lipinski definition) is 2. The minimum Gasteiger partial charge on any atom is -0.372 e. The first-order valence-electron chi connectivity index (χ1n) is 9.50. The Hall–Kier alpha value is -3.44. The first-order valence-corrected chi connectivity index (χ1v) is 9.50. The molecule has 5 heteroatoms. The van der Waals surface area contributed by atoms with Gasteiger partial charge in [-0.1, -0.05) is 72.8 Å².